The second kappa shape index (κ2) is 4.77. The van der Waals surface area contributed by atoms with E-state index in [1.807, 2.05) is 0 Å². The third-order valence-electron chi connectivity index (χ3n) is 2.28. The molecule has 2 aromatic heterocycles. The highest BCUT2D eigenvalue weighted by Gasteiger charge is 2.21. The van der Waals surface area contributed by atoms with Crippen molar-refractivity contribution >= 4 is 32.9 Å². The molecule has 0 bridgehead atoms. The average molecular weight is 313 g/mol. The quantitative estimate of drug-likeness (QED) is 0.648. The number of hydrogen-bond donors (Lipinski definition) is 2. The predicted octanol–water partition coefficient (Wildman–Crippen LogP) is 1.57. The van der Waals surface area contributed by atoms with Crippen LogP contribution in [0.25, 0.3) is 11.0 Å². The Hall–Kier alpha value is -1.89. The first kappa shape index (κ1) is 12.6. The minimum Gasteiger partial charge on any atom is -0.505 e. The van der Waals surface area contributed by atoms with Crippen molar-refractivity contribution in [1.29, 1.82) is 0 Å². The van der Waals surface area contributed by atoms with E-state index in [1.165, 1.54) is 0 Å². The van der Waals surface area contributed by atoms with Gasteiger partial charge >= 0.3 is 5.97 Å². The van der Waals surface area contributed by atoms with Crippen LogP contribution in [0.3, 0.4) is 0 Å². The fourth-order valence-corrected chi connectivity index (χ4v) is 1.83. The number of pyridine rings is 2. The molecule has 0 radical (unpaired) electrons. The molecule has 18 heavy (non-hydrogen) atoms. The van der Waals surface area contributed by atoms with E-state index in [0.29, 0.717) is 10.1 Å². The first-order chi connectivity index (χ1) is 8.54. The smallest absolute Gasteiger partial charge is 0.347 e. The summed E-state index contributed by atoms with van der Waals surface area (Å²) in [6.45, 7) is 1.72. The van der Waals surface area contributed by atoms with E-state index < -0.39 is 22.8 Å². The Balaban J connectivity index is 2.75. The second-order valence-corrected chi connectivity index (χ2v) is 4.24. The maximum Gasteiger partial charge on any atom is 0.347 e. The molecule has 0 unspecified atom stereocenters. The van der Waals surface area contributed by atoms with E-state index in [-0.39, 0.29) is 12.1 Å². The van der Waals surface area contributed by atoms with Crippen molar-refractivity contribution < 1.29 is 14.6 Å². The van der Waals surface area contributed by atoms with E-state index >= 15 is 0 Å². The molecular weight excluding hydrogens is 304 g/mol. The minimum atomic E-state index is -0.875. The van der Waals surface area contributed by atoms with Gasteiger partial charge in [0.15, 0.2) is 11.3 Å². The lowest BCUT2D eigenvalue weighted by Crippen LogP contribution is -2.20. The fourth-order valence-electron chi connectivity index (χ4n) is 1.52. The Morgan fingerprint density at radius 3 is 2.94 bits per heavy atom. The third-order valence-corrected chi connectivity index (χ3v) is 2.72. The van der Waals surface area contributed by atoms with Crippen LogP contribution in [-0.2, 0) is 4.74 Å². The molecule has 0 amide bonds. The Bertz CT molecular complexity index is 681. The van der Waals surface area contributed by atoms with Crippen LogP contribution in [0.2, 0.25) is 0 Å². The van der Waals surface area contributed by atoms with Crippen molar-refractivity contribution in [3.63, 3.8) is 0 Å². The fraction of sp³-hybridized carbons (Fsp3) is 0.182. The van der Waals surface area contributed by atoms with Crippen LogP contribution < -0.4 is 5.56 Å². The summed E-state index contributed by atoms with van der Waals surface area (Å²) in [4.78, 5) is 29.7. The number of ether oxygens (including phenoxy) is 1. The summed E-state index contributed by atoms with van der Waals surface area (Å²) >= 11 is 3.15. The molecule has 2 heterocycles. The molecule has 0 aliphatic carbocycles. The number of H-pyrrole nitrogens is 1. The molecule has 0 aliphatic rings. The Morgan fingerprint density at radius 1 is 1.56 bits per heavy atom. The van der Waals surface area contributed by atoms with E-state index in [0.717, 1.165) is 0 Å². The molecule has 2 N–H and O–H groups in total. The molecule has 2 aromatic rings. The van der Waals surface area contributed by atoms with Crippen molar-refractivity contribution in [2.75, 3.05) is 6.61 Å². The van der Waals surface area contributed by atoms with Crippen molar-refractivity contribution in [1.82, 2.24) is 9.97 Å². The molecule has 0 saturated carbocycles. The molecule has 2 rings (SSSR count). The number of nitrogens with one attached hydrogen (secondary N) is 1. The number of halogens is 1. The molecule has 0 atom stereocenters. The molecule has 94 valence electrons. The Morgan fingerprint density at radius 2 is 2.28 bits per heavy atom. The molecule has 6 nitrogen and oxygen atoms in total. The van der Waals surface area contributed by atoms with Crippen molar-refractivity contribution in [3.05, 3.63) is 32.7 Å². The van der Waals surface area contributed by atoms with Crippen molar-refractivity contribution in [2.24, 2.45) is 0 Å². The van der Waals surface area contributed by atoms with Gasteiger partial charge in [0.25, 0.3) is 5.56 Å². The van der Waals surface area contributed by atoms with Gasteiger partial charge in [-0.15, -0.1) is 0 Å². The van der Waals surface area contributed by atoms with Crippen LogP contribution >= 0.6 is 15.9 Å². The SMILES string of the molecule is CCOC(=O)c1c(O)c2nc(Br)ccc2[nH]c1=O. The summed E-state index contributed by atoms with van der Waals surface area (Å²) in [7, 11) is 0. The Labute approximate surface area is 110 Å². The van der Waals surface area contributed by atoms with Crippen LogP contribution in [0.1, 0.15) is 17.3 Å². The lowest BCUT2D eigenvalue weighted by atomic mass is 10.2. The molecule has 0 fully saturated rings. The maximum absolute atomic E-state index is 11.7. The largest absolute Gasteiger partial charge is 0.505 e. The van der Waals surface area contributed by atoms with Gasteiger partial charge in [-0.3, -0.25) is 4.79 Å². The zero-order chi connectivity index (χ0) is 13.3. The van der Waals surface area contributed by atoms with E-state index in [1.54, 1.807) is 19.1 Å². The molecule has 0 aromatic carbocycles. The van der Waals surface area contributed by atoms with E-state index in [4.69, 9.17) is 4.74 Å². The lowest BCUT2D eigenvalue weighted by molar-refractivity contribution is 0.0521. The van der Waals surface area contributed by atoms with Gasteiger partial charge in [0, 0.05) is 0 Å². The molecule has 0 spiro atoms. The molecule has 0 saturated heterocycles. The number of esters is 1. The summed E-state index contributed by atoms with van der Waals surface area (Å²) < 4.78 is 5.19. The number of rotatable bonds is 2. The Kier molecular flexibility index (Phi) is 3.33. The minimum absolute atomic E-state index is 0.113. The molecular formula is C11H9BrN2O4. The number of fused-ring (bicyclic) bond motifs is 1. The number of carbonyl (C=O) groups excluding carboxylic acids is 1. The summed E-state index contributed by atoms with van der Waals surface area (Å²) in [6.07, 6.45) is 0. The van der Waals surface area contributed by atoms with Gasteiger partial charge in [0.05, 0.1) is 12.1 Å². The predicted molar refractivity (Wildman–Crippen MR) is 67.7 cm³/mol. The summed E-state index contributed by atoms with van der Waals surface area (Å²) in [5.41, 5.74) is -0.668. The average Bonchev–Trinajstić information content (AvgIpc) is 2.31. The number of aromatic nitrogens is 2. The monoisotopic (exact) mass is 312 g/mol. The van der Waals surface area contributed by atoms with Gasteiger partial charge in [-0.1, -0.05) is 0 Å². The van der Waals surface area contributed by atoms with Crippen LogP contribution in [0.4, 0.5) is 0 Å². The summed E-state index contributed by atoms with van der Waals surface area (Å²) in [5.74, 6) is -1.35. The van der Waals surface area contributed by atoms with E-state index in [9.17, 15) is 14.7 Å². The first-order valence-corrected chi connectivity index (χ1v) is 5.92. The van der Waals surface area contributed by atoms with Crippen LogP contribution in [0, 0.1) is 0 Å². The van der Waals surface area contributed by atoms with E-state index in [2.05, 4.69) is 25.9 Å². The van der Waals surface area contributed by atoms with Gasteiger partial charge < -0.3 is 14.8 Å². The van der Waals surface area contributed by atoms with Gasteiger partial charge in [-0.25, -0.2) is 9.78 Å². The second-order valence-electron chi connectivity index (χ2n) is 3.43. The zero-order valence-electron chi connectivity index (χ0n) is 9.36. The normalized spacial score (nSPS) is 10.6. The zero-order valence-corrected chi connectivity index (χ0v) is 10.9. The highest BCUT2D eigenvalue weighted by atomic mass is 79.9. The number of aromatic amines is 1. The first-order valence-electron chi connectivity index (χ1n) is 5.13. The summed E-state index contributed by atoms with van der Waals surface area (Å²) in [6, 6.07) is 3.18. The highest BCUT2D eigenvalue weighted by molar-refractivity contribution is 9.10. The topological polar surface area (TPSA) is 92.3 Å². The van der Waals surface area contributed by atoms with Gasteiger partial charge in [-0.2, -0.15) is 0 Å². The molecule has 7 heteroatoms. The number of nitrogens with zero attached hydrogens (tertiary/aromatic N) is 1. The standard InChI is InChI=1S/C11H9BrN2O4/c1-2-18-11(17)7-9(15)8-5(13-10(7)16)3-4-6(12)14-8/h3-4H,2H2,1H3,(H2,13,15,16). The van der Waals surface area contributed by atoms with Gasteiger partial charge in [-0.05, 0) is 35.0 Å². The maximum atomic E-state index is 11.7. The van der Waals surface area contributed by atoms with Gasteiger partial charge in [0.2, 0.25) is 0 Å². The lowest BCUT2D eigenvalue weighted by Gasteiger charge is -2.06. The van der Waals surface area contributed by atoms with Crippen molar-refractivity contribution in [2.45, 2.75) is 6.92 Å². The van der Waals surface area contributed by atoms with Crippen LogP contribution in [-0.4, -0.2) is 27.7 Å². The van der Waals surface area contributed by atoms with Crippen LogP contribution in [0.5, 0.6) is 5.75 Å². The van der Waals surface area contributed by atoms with Crippen molar-refractivity contribution in [3.8, 4) is 5.75 Å². The third kappa shape index (κ3) is 2.08. The highest BCUT2D eigenvalue weighted by Crippen LogP contribution is 2.24. The number of hydrogen-bond acceptors (Lipinski definition) is 5. The number of carbonyl (C=O) groups is 1. The number of aromatic hydroxyl groups is 1. The summed E-state index contributed by atoms with van der Waals surface area (Å²) in [5, 5.41) is 9.95. The molecule has 0 aliphatic heterocycles. The van der Waals surface area contributed by atoms with Gasteiger partial charge in [0.1, 0.15) is 10.1 Å². The van der Waals surface area contributed by atoms with Crippen LogP contribution in [0.15, 0.2) is 21.5 Å².